The van der Waals surface area contributed by atoms with Crippen LogP contribution in [0.1, 0.15) is 48.9 Å². The number of benzene rings is 3. The lowest BCUT2D eigenvalue weighted by Gasteiger charge is -2.31. The SMILES string of the molecule is CC(C)=C(C(=O)N[C@H](CC(=O)[C@H](Cc1ccccc1)NC(=O)COc1c(C)cccc1C)Cc1ccccc1)N1CCCNC1=O. The summed E-state index contributed by atoms with van der Waals surface area (Å²) in [5, 5.41) is 8.75. The normalized spacial score (nSPS) is 14.0. The highest BCUT2D eigenvalue weighted by Gasteiger charge is 2.30. The van der Waals surface area contributed by atoms with Crippen LogP contribution in [0.2, 0.25) is 0 Å². The van der Waals surface area contributed by atoms with Gasteiger partial charge in [-0.05, 0) is 74.8 Å². The lowest BCUT2D eigenvalue weighted by molar-refractivity contribution is -0.129. The quantitative estimate of drug-likeness (QED) is 0.223. The maximum Gasteiger partial charge on any atom is 0.322 e. The van der Waals surface area contributed by atoms with Crippen LogP contribution < -0.4 is 20.7 Å². The number of carbonyl (C=O) groups is 4. The number of aryl methyl sites for hydroxylation is 2. The Hall–Kier alpha value is -4.92. The molecule has 46 heavy (non-hydrogen) atoms. The molecule has 4 rings (SSSR count). The Kier molecular flexibility index (Phi) is 12.1. The molecule has 3 N–H and O–H groups in total. The average Bonchev–Trinajstić information content (AvgIpc) is 3.02. The monoisotopic (exact) mass is 624 g/mol. The Labute approximate surface area is 271 Å². The minimum Gasteiger partial charge on any atom is -0.483 e. The Morgan fingerprint density at radius 1 is 0.848 bits per heavy atom. The van der Waals surface area contributed by atoms with Crippen LogP contribution in [-0.2, 0) is 27.2 Å². The molecule has 1 aliphatic rings. The molecule has 0 saturated carbocycles. The van der Waals surface area contributed by atoms with E-state index in [0.717, 1.165) is 28.7 Å². The topological polar surface area (TPSA) is 117 Å². The Morgan fingerprint density at radius 3 is 2.04 bits per heavy atom. The van der Waals surface area contributed by atoms with Gasteiger partial charge in [-0.1, -0.05) is 78.9 Å². The zero-order valence-electron chi connectivity index (χ0n) is 27.1. The first-order valence-electron chi connectivity index (χ1n) is 15.7. The summed E-state index contributed by atoms with van der Waals surface area (Å²) in [5.41, 5.74) is 4.64. The highest BCUT2D eigenvalue weighted by Crippen LogP contribution is 2.22. The van der Waals surface area contributed by atoms with Crippen LogP contribution in [0, 0.1) is 13.8 Å². The lowest BCUT2D eigenvalue weighted by atomic mass is 9.94. The van der Waals surface area contributed by atoms with E-state index >= 15 is 0 Å². The molecule has 1 saturated heterocycles. The maximum absolute atomic E-state index is 14.0. The van der Waals surface area contributed by atoms with Crippen LogP contribution >= 0.6 is 0 Å². The summed E-state index contributed by atoms with van der Waals surface area (Å²) >= 11 is 0. The largest absolute Gasteiger partial charge is 0.483 e. The van der Waals surface area contributed by atoms with Crippen molar-refractivity contribution in [2.75, 3.05) is 19.7 Å². The standard InChI is InChI=1S/C37H44N4O5/c1-25(2)34(41-20-12-19-38-37(41)45)36(44)39-30(21-28-15-7-5-8-16-28)23-32(42)31(22-29-17-9-6-10-18-29)40-33(43)24-46-35-26(3)13-11-14-27(35)4/h5-11,13-18,30-31H,12,19-24H2,1-4H3,(H,38,45)(H,39,44)(H,40,43)/t30-,31-/m0/s1. The van der Waals surface area contributed by atoms with Crippen molar-refractivity contribution >= 4 is 23.6 Å². The first kappa shape index (κ1) is 34.0. The number of nitrogens with one attached hydrogen (secondary N) is 3. The van der Waals surface area contributed by atoms with Gasteiger partial charge in [-0.3, -0.25) is 19.3 Å². The van der Waals surface area contributed by atoms with Crippen LogP contribution in [-0.4, -0.2) is 60.3 Å². The van der Waals surface area contributed by atoms with Gasteiger partial charge in [0.15, 0.2) is 12.4 Å². The number of para-hydroxylation sites is 1. The number of carbonyl (C=O) groups excluding carboxylic acids is 4. The molecule has 0 radical (unpaired) electrons. The van der Waals surface area contributed by atoms with Crippen molar-refractivity contribution in [2.24, 2.45) is 0 Å². The predicted molar refractivity (Wildman–Crippen MR) is 178 cm³/mol. The summed E-state index contributed by atoms with van der Waals surface area (Å²) in [6, 6.07) is 23.1. The second-order valence-electron chi connectivity index (χ2n) is 11.9. The number of ketones is 1. The number of rotatable bonds is 14. The third kappa shape index (κ3) is 9.54. The molecule has 2 atom stereocenters. The van der Waals surface area contributed by atoms with E-state index in [4.69, 9.17) is 4.74 Å². The maximum atomic E-state index is 14.0. The van der Waals surface area contributed by atoms with Crippen molar-refractivity contribution in [3.8, 4) is 5.75 Å². The number of amides is 4. The van der Waals surface area contributed by atoms with Crippen molar-refractivity contribution in [1.82, 2.24) is 20.9 Å². The van der Waals surface area contributed by atoms with Gasteiger partial charge in [0.25, 0.3) is 11.8 Å². The van der Waals surface area contributed by atoms with Crippen LogP contribution in [0.3, 0.4) is 0 Å². The first-order valence-corrected chi connectivity index (χ1v) is 15.7. The van der Waals surface area contributed by atoms with E-state index in [0.29, 0.717) is 30.8 Å². The van der Waals surface area contributed by atoms with Crippen molar-refractivity contribution in [3.05, 3.63) is 112 Å². The van der Waals surface area contributed by atoms with Crippen molar-refractivity contribution in [2.45, 2.75) is 65.5 Å². The minimum absolute atomic E-state index is 0.0294. The molecule has 9 nitrogen and oxygen atoms in total. The molecule has 3 aromatic carbocycles. The fourth-order valence-corrected chi connectivity index (χ4v) is 5.67. The van der Waals surface area contributed by atoms with E-state index in [1.165, 1.54) is 4.90 Å². The van der Waals surface area contributed by atoms with Gasteiger partial charge in [-0.25, -0.2) is 4.79 Å². The highest BCUT2D eigenvalue weighted by molar-refractivity contribution is 5.98. The van der Waals surface area contributed by atoms with E-state index < -0.39 is 23.9 Å². The van der Waals surface area contributed by atoms with Crippen molar-refractivity contribution in [3.63, 3.8) is 0 Å². The smallest absolute Gasteiger partial charge is 0.322 e. The van der Waals surface area contributed by atoms with Crippen LogP contribution in [0.4, 0.5) is 4.79 Å². The van der Waals surface area contributed by atoms with E-state index in [1.54, 1.807) is 13.8 Å². The number of ether oxygens (including phenoxy) is 1. The summed E-state index contributed by atoms with van der Waals surface area (Å²) in [6.45, 7) is 8.17. The third-order valence-electron chi connectivity index (χ3n) is 7.91. The molecular formula is C37H44N4O5. The number of hydrogen-bond acceptors (Lipinski definition) is 5. The van der Waals surface area contributed by atoms with Gasteiger partial charge in [0.1, 0.15) is 11.4 Å². The molecule has 0 bridgehead atoms. The number of nitrogens with zero attached hydrogens (tertiary/aromatic N) is 1. The fourth-order valence-electron chi connectivity index (χ4n) is 5.67. The Bertz CT molecular complexity index is 1530. The number of allylic oxidation sites excluding steroid dienone is 1. The van der Waals surface area contributed by atoms with Gasteiger partial charge < -0.3 is 20.7 Å². The molecule has 1 heterocycles. The third-order valence-corrected chi connectivity index (χ3v) is 7.91. The van der Waals surface area contributed by atoms with E-state index in [9.17, 15) is 19.2 Å². The first-order chi connectivity index (χ1) is 22.1. The van der Waals surface area contributed by atoms with Gasteiger partial charge >= 0.3 is 6.03 Å². The number of urea groups is 1. The summed E-state index contributed by atoms with van der Waals surface area (Å²) in [4.78, 5) is 55.0. The molecule has 1 fully saturated rings. The van der Waals surface area contributed by atoms with E-state index in [-0.39, 0.29) is 37.0 Å². The molecule has 9 heteroatoms. The summed E-state index contributed by atoms with van der Waals surface area (Å²) < 4.78 is 5.87. The molecular weight excluding hydrogens is 580 g/mol. The minimum atomic E-state index is -0.845. The van der Waals surface area contributed by atoms with Gasteiger partial charge in [-0.2, -0.15) is 0 Å². The van der Waals surface area contributed by atoms with Gasteiger partial charge in [0.2, 0.25) is 0 Å². The molecule has 3 aromatic rings. The van der Waals surface area contributed by atoms with Gasteiger partial charge in [0, 0.05) is 25.6 Å². The second kappa shape index (κ2) is 16.4. The molecule has 0 aliphatic carbocycles. The number of Topliss-reactive ketones (excluding diaryl/α,β-unsaturated/α-hetero) is 1. The number of hydrogen-bond donors (Lipinski definition) is 3. The van der Waals surface area contributed by atoms with Gasteiger partial charge in [0.05, 0.1) is 6.04 Å². The molecule has 4 amide bonds. The van der Waals surface area contributed by atoms with E-state index in [1.807, 2.05) is 92.7 Å². The molecule has 0 spiro atoms. The van der Waals surface area contributed by atoms with Crippen molar-refractivity contribution < 1.29 is 23.9 Å². The van der Waals surface area contributed by atoms with Crippen LogP contribution in [0.5, 0.6) is 5.75 Å². The Balaban J connectivity index is 1.54. The highest BCUT2D eigenvalue weighted by atomic mass is 16.5. The zero-order valence-corrected chi connectivity index (χ0v) is 27.1. The van der Waals surface area contributed by atoms with E-state index in [2.05, 4.69) is 16.0 Å². The summed E-state index contributed by atoms with van der Waals surface area (Å²) in [5.74, 6) is -0.411. The summed E-state index contributed by atoms with van der Waals surface area (Å²) in [6.07, 6.45) is 1.37. The lowest BCUT2D eigenvalue weighted by Crippen LogP contribution is -2.51. The second-order valence-corrected chi connectivity index (χ2v) is 11.9. The summed E-state index contributed by atoms with van der Waals surface area (Å²) in [7, 11) is 0. The Morgan fingerprint density at radius 2 is 1.46 bits per heavy atom. The fraction of sp³-hybridized carbons (Fsp3) is 0.351. The molecule has 0 unspecified atom stereocenters. The zero-order chi connectivity index (χ0) is 33.1. The van der Waals surface area contributed by atoms with Crippen LogP contribution in [0.15, 0.2) is 90.1 Å². The molecule has 1 aliphatic heterocycles. The average molecular weight is 625 g/mol. The van der Waals surface area contributed by atoms with Crippen molar-refractivity contribution in [1.29, 1.82) is 0 Å². The molecule has 242 valence electrons. The van der Waals surface area contributed by atoms with Crippen LogP contribution in [0.25, 0.3) is 0 Å². The molecule has 0 aromatic heterocycles. The van der Waals surface area contributed by atoms with Gasteiger partial charge in [-0.15, -0.1) is 0 Å². The predicted octanol–water partition coefficient (Wildman–Crippen LogP) is 4.81.